The van der Waals surface area contributed by atoms with Gasteiger partial charge in [0, 0.05) is 37.7 Å². The van der Waals surface area contributed by atoms with Crippen LogP contribution in [-0.2, 0) is 16.0 Å². The van der Waals surface area contributed by atoms with Crippen LogP contribution >= 0.6 is 0 Å². The van der Waals surface area contributed by atoms with Gasteiger partial charge in [-0.15, -0.1) is 0 Å². The molecule has 6 heteroatoms. The van der Waals surface area contributed by atoms with Crippen molar-refractivity contribution in [2.45, 2.75) is 64.3 Å². The van der Waals surface area contributed by atoms with E-state index in [4.69, 9.17) is 9.47 Å². The largest absolute Gasteiger partial charge is 0.444 e. The number of halogens is 1. The molecule has 3 rings (SSSR count). The van der Waals surface area contributed by atoms with Gasteiger partial charge in [0.2, 0.25) is 0 Å². The van der Waals surface area contributed by atoms with E-state index >= 15 is 0 Å². The van der Waals surface area contributed by atoms with E-state index in [1.165, 1.54) is 12.1 Å². The van der Waals surface area contributed by atoms with Gasteiger partial charge >= 0.3 is 6.09 Å². The van der Waals surface area contributed by atoms with Crippen LogP contribution in [0.25, 0.3) is 0 Å². The molecule has 2 aliphatic rings. The number of carbonyl (C=O) groups excluding carboxylic acids is 1. The molecule has 0 bridgehead atoms. The van der Waals surface area contributed by atoms with Crippen molar-refractivity contribution in [2.75, 3.05) is 19.8 Å². The molecule has 0 aromatic heterocycles. The number of benzene rings is 1. The van der Waals surface area contributed by atoms with Gasteiger partial charge in [0.1, 0.15) is 11.4 Å². The molecular formula is C21H31FN2O3. The molecule has 3 unspecified atom stereocenters. The molecular weight excluding hydrogens is 347 g/mol. The van der Waals surface area contributed by atoms with Crippen molar-refractivity contribution >= 4 is 6.09 Å². The Hall–Kier alpha value is -1.66. The number of carbonyl (C=O) groups is 1. The normalized spacial score (nSPS) is 26.2. The lowest BCUT2D eigenvalue weighted by molar-refractivity contribution is -0.0168. The summed E-state index contributed by atoms with van der Waals surface area (Å²) in [5.41, 5.74) is 0.560. The second-order valence-corrected chi connectivity index (χ2v) is 8.52. The monoisotopic (exact) mass is 378 g/mol. The summed E-state index contributed by atoms with van der Waals surface area (Å²) >= 11 is 0. The maximum Gasteiger partial charge on any atom is 0.410 e. The van der Waals surface area contributed by atoms with Crippen LogP contribution in [0.4, 0.5) is 9.18 Å². The second kappa shape index (κ2) is 8.57. The zero-order valence-corrected chi connectivity index (χ0v) is 16.5. The van der Waals surface area contributed by atoms with E-state index in [0.29, 0.717) is 13.2 Å². The van der Waals surface area contributed by atoms with Gasteiger partial charge in [-0.2, -0.15) is 0 Å². The molecule has 3 atom stereocenters. The van der Waals surface area contributed by atoms with Crippen LogP contribution in [0.5, 0.6) is 0 Å². The Labute approximate surface area is 161 Å². The van der Waals surface area contributed by atoms with Crippen LogP contribution in [0, 0.1) is 11.7 Å². The summed E-state index contributed by atoms with van der Waals surface area (Å²) in [5.74, 6) is 0.0101. The summed E-state index contributed by atoms with van der Waals surface area (Å²) in [4.78, 5) is 14.5. The first-order valence-electron chi connectivity index (χ1n) is 9.89. The van der Waals surface area contributed by atoms with Crippen molar-refractivity contribution in [1.29, 1.82) is 0 Å². The average Bonchev–Trinajstić information content (AvgIpc) is 3.10. The zero-order chi connectivity index (χ0) is 19.4. The first-order chi connectivity index (χ1) is 12.8. The molecule has 150 valence electrons. The van der Waals surface area contributed by atoms with E-state index < -0.39 is 5.60 Å². The highest BCUT2D eigenvalue weighted by atomic mass is 19.1. The Bertz CT molecular complexity index is 629. The maximum absolute atomic E-state index is 13.1. The molecule has 0 radical (unpaired) electrons. The summed E-state index contributed by atoms with van der Waals surface area (Å²) in [7, 11) is 0. The zero-order valence-electron chi connectivity index (χ0n) is 16.5. The minimum Gasteiger partial charge on any atom is -0.444 e. The van der Waals surface area contributed by atoms with Gasteiger partial charge in [0.15, 0.2) is 0 Å². The molecule has 1 aromatic carbocycles. The quantitative estimate of drug-likeness (QED) is 0.868. The van der Waals surface area contributed by atoms with Gasteiger partial charge in [-0.3, -0.25) is 0 Å². The predicted molar refractivity (Wildman–Crippen MR) is 102 cm³/mol. The van der Waals surface area contributed by atoms with Crippen molar-refractivity contribution in [3.8, 4) is 0 Å². The smallest absolute Gasteiger partial charge is 0.410 e. The van der Waals surface area contributed by atoms with Crippen LogP contribution in [0.1, 0.15) is 45.6 Å². The first-order valence-corrected chi connectivity index (χ1v) is 9.89. The van der Waals surface area contributed by atoms with Crippen molar-refractivity contribution in [3.05, 3.63) is 35.6 Å². The van der Waals surface area contributed by atoms with Crippen LogP contribution < -0.4 is 5.32 Å². The summed E-state index contributed by atoms with van der Waals surface area (Å²) in [6.07, 6.45) is 2.64. The first kappa shape index (κ1) is 20.1. The van der Waals surface area contributed by atoms with E-state index in [1.54, 1.807) is 12.1 Å². The maximum atomic E-state index is 13.1. The third-order valence-electron chi connectivity index (χ3n) is 5.30. The van der Waals surface area contributed by atoms with Crippen LogP contribution in [0.3, 0.4) is 0 Å². The van der Waals surface area contributed by atoms with Gasteiger partial charge < -0.3 is 19.7 Å². The van der Waals surface area contributed by atoms with E-state index in [9.17, 15) is 9.18 Å². The van der Waals surface area contributed by atoms with Gasteiger partial charge in [-0.05, 0) is 57.7 Å². The third-order valence-corrected chi connectivity index (χ3v) is 5.30. The molecule has 2 saturated heterocycles. The molecule has 0 spiro atoms. The number of nitrogens with one attached hydrogen (secondary N) is 1. The van der Waals surface area contributed by atoms with Crippen LogP contribution in [0.15, 0.2) is 24.3 Å². The Morgan fingerprint density at radius 3 is 2.74 bits per heavy atom. The Balaban J connectivity index is 1.64. The fourth-order valence-corrected chi connectivity index (χ4v) is 4.03. The van der Waals surface area contributed by atoms with E-state index in [0.717, 1.165) is 38.0 Å². The van der Waals surface area contributed by atoms with Crippen LogP contribution in [0.2, 0.25) is 0 Å². The van der Waals surface area contributed by atoms with E-state index in [-0.39, 0.29) is 29.9 Å². The molecule has 1 aromatic rings. The Morgan fingerprint density at radius 1 is 1.30 bits per heavy atom. The molecule has 0 saturated carbocycles. The van der Waals surface area contributed by atoms with Crippen molar-refractivity contribution < 1.29 is 18.7 Å². The van der Waals surface area contributed by atoms with E-state index in [2.05, 4.69) is 5.32 Å². The number of hydrogen-bond donors (Lipinski definition) is 1. The summed E-state index contributed by atoms with van der Waals surface area (Å²) < 4.78 is 24.5. The fraction of sp³-hybridized carbons (Fsp3) is 0.667. The fourth-order valence-electron chi connectivity index (χ4n) is 4.03. The number of nitrogens with zero attached hydrogens (tertiary/aromatic N) is 1. The number of hydrogen-bond acceptors (Lipinski definition) is 4. The second-order valence-electron chi connectivity index (χ2n) is 8.52. The minimum absolute atomic E-state index is 0.130. The number of ether oxygens (including phenoxy) is 2. The number of amides is 1. The molecule has 1 N–H and O–H groups in total. The third kappa shape index (κ3) is 5.42. The van der Waals surface area contributed by atoms with Crippen molar-refractivity contribution in [1.82, 2.24) is 10.2 Å². The van der Waals surface area contributed by atoms with Gasteiger partial charge in [0.25, 0.3) is 0 Å². The van der Waals surface area contributed by atoms with E-state index in [1.807, 2.05) is 25.7 Å². The molecule has 0 aliphatic carbocycles. The van der Waals surface area contributed by atoms with Gasteiger partial charge in [0.05, 0.1) is 6.61 Å². The molecule has 2 aliphatic heterocycles. The van der Waals surface area contributed by atoms with Crippen molar-refractivity contribution in [2.24, 2.45) is 5.92 Å². The topological polar surface area (TPSA) is 50.8 Å². The minimum atomic E-state index is -0.493. The molecule has 5 nitrogen and oxygen atoms in total. The summed E-state index contributed by atoms with van der Waals surface area (Å²) in [6, 6.07) is 6.97. The highest BCUT2D eigenvalue weighted by Gasteiger charge is 2.41. The predicted octanol–water partition coefficient (Wildman–Crippen LogP) is 3.72. The SMILES string of the molecule is CC(C)(C)OC(=O)N1CCCC1C1COCCC1NCc1ccc(F)cc1. The Kier molecular flexibility index (Phi) is 6.37. The summed E-state index contributed by atoms with van der Waals surface area (Å²) in [5, 5.41) is 3.61. The standard InChI is InChI=1S/C21H31FN2O3/c1-21(2,3)27-20(25)24-11-4-5-19(24)17-14-26-12-10-18(17)23-13-15-6-8-16(22)9-7-15/h6-9,17-19,23H,4-5,10-14H2,1-3H3. The van der Waals surface area contributed by atoms with Crippen LogP contribution in [-0.4, -0.2) is 48.4 Å². The number of likely N-dealkylation sites (tertiary alicyclic amines) is 1. The Morgan fingerprint density at radius 2 is 2.04 bits per heavy atom. The average molecular weight is 378 g/mol. The van der Waals surface area contributed by atoms with Gasteiger partial charge in [-0.25, -0.2) is 9.18 Å². The van der Waals surface area contributed by atoms with Crippen molar-refractivity contribution in [3.63, 3.8) is 0 Å². The molecule has 2 heterocycles. The molecule has 2 fully saturated rings. The molecule has 1 amide bonds. The highest BCUT2D eigenvalue weighted by molar-refractivity contribution is 5.69. The lowest BCUT2D eigenvalue weighted by Crippen LogP contribution is -2.53. The lowest BCUT2D eigenvalue weighted by Gasteiger charge is -2.40. The summed E-state index contributed by atoms with van der Waals surface area (Å²) in [6.45, 7) is 8.47. The number of rotatable bonds is 4. The lowest BCUT2D eigenvalue weighted by atomic mass is 9.87. The van der Waals surface area contributed by atoms with Gasteiger partial charge in [-0.1, -0.05) is 12.1 Å². The molecule has 27 heavy (non-hydrogen) atoms. The highest BCUT2D eigenvalue weighted by Crippen LogP contribution is 2.31.